The summed E-state index contributed by atoms with van der Waals surface area (Å²) in [6.07, 6.45) is 0. The highest BCUT2D eigenvalue weighted by Crippen LogP contribution is 2.34. The summed E-state index contributed by atoms with van der Waals surface area (Å²) >= 11 is 0. The van der Waals surface area contributed by atoms with Gasteiger partial charge in [0.05, 0.1) is 14.2 Å². The molecule has 0 spiro atoms. The SMILES string of the molecule is COc1ccc2cc(N)c(=O)oc2c1OC. The molecule has 16 heavy (non-hydrogen) atoms. The minimum absolute atomic E-state index is 0.0692. The molecule has 0 unspecified atom stereocenters. The molecule has 0 radical (unpaired) electrons. The van der Waals surface area contributed by atoms with Crippen LogP contribution in [0.3, 0.4) is 0 Å². The summed E-state index contributed by atoms with van der Waals surface area (Å²) in [5.41, 5.74) is 5.29. The van der Waals surface area contributed by atoms with Gasteiger partial charge in [0.15, 0.2) is 11.3 Å². The predicted molar refractivity (Wildman–Crippen MR) is 60.0 cm³/mol. The van der Waals surface area contributed by atoms with Crippen LogP contribution in [0.4, 0.5) is 5.69 Å². The van der Waals surface area contributed by atoms with E-state index in [1.54, 1.807) is 18.2 Å². The molecule has 1 heterocycles. The summed E-state index contributed by atoms with van der Waals surface area (Å²) in [7, 11) is 2.99. The highest BCUT2D eigenvalue weighted by molar-refractivity contribution is 5.87. The number of nitrogens with two attached hydrogens (primary N) is 1. The maximum atomic E-state index is 11.3. The van der Waals surface area contributed by atoms with Crippen LogP contribution in [-0.2, 0) is 0 Å². The van der Waals surface area contributed by atoms with Crippen molar-refractivity contribution >= 4 is 16.7 Å². The van der Waals surface area contributed by atoms with Crippen molar-refractivity contribution in [1.29, 1.82) is 0 Å². The number of anilines is 1. The molecule has 2 N–H and O–H groups in total. The average molecular weight is 221 g/mol. The lowest BCUT2D eigenvalue weighted by Crippen LogP contribution is -2.06. The molecular formula is C11H11NO4. The van der Waals surface area contributed by atoms with Crippen LogP contribution in [0.15, 0.2) is 27.4 Å². The smallest absolute Gasteiger partial charge is 0.359 e. The van der Waals surface area contributed by atoms with Gasteiger partial charge in [0.2, 0.25) is 5.75 Å². The first kappa shape index (κ1) is 10.4. The summed E-state index contributed by atoms with van der Waals surface area (Å²) < 4.78 is 15.3. The second-order valence-corrected chi connectivity index (χ2v) is 3.21. The molecule has 0 saturated carbocycles. The Balaban J connectivity index is 2.86. The number of methoxy groups -OCH3 is 2. The number of ether oxygens (including phenoxy) is 2. The van der Waals surface area contributed by atoms with Crippen molar-refractivity contribution in [2.24, 2.45) is 0 Å². The van der Waals surface area contributed by atoms with E-state index in [0.29, 0.717) is 22.5 Å². The first-order chi connectivity index (χ1) is 7.67. The summed E-state index contributed by atoms with van der Waals surface area (Å²) in [5.74, 6) is 0.889. The van der Waals surface area contributed by atoms with E-state index in [1.807, 2.05) is 0 Å². The van der Waals surface area contributed by atoms with Gasteiger partial charge in [0.1, 0.15) is 5.69 Å². The van der Waals surface area contributed by atoms with Gasteiger partial charge in [-0.25, -0.2) is 4.79 Å². The van der Waals surface area contributed by atoms with Crippen molar-refractivity contribution in [3.63, 3.8) is 0 Å². The number of rotatable bonds is 2. The third-order valence-corrected chi connectivity index (χ3v) is 2.27. The Kier molecular flexibility index (Phi) is 2.44. The molecular weight excluding hydrogens is 210 g/mol. The van der Waals surface area contributed by atoms with Gasteiger partial charge in [-0.2, -0.15) is 0 Å². The summed E-state index contributed by atoms with van der Waals surface area (Å²) in [4.78, 5) is 11.3. The standard InChI is InChI=1S/C11H11NO4/c1-14-8-4-3-6-5-7(12)11(13)16-9(6)10(8)15-2/h3-5H,12H2,1-2H3. The van der Waals surface area contributed by atoms with Gasteiger partial charge in [-0.1, -0.05) is 0 Å². The Morgan fingerprint density at radius 1 is 1.25 bits per heavy atom. The molecule has 2 rings (SSSR count). The molecule has 5 heteroatoms. The van der Waals surface area contributed by atoms with Crippen LogP contribution in [0.2, 0.25) is 0 Å². The van der Waals surface area contributed by atoms with E-state index in [4.69, 9.17) is 19.6 Å². The first-order valence-corrected chi connectivity index (χ1v) is 4.61. The van der Waals surface area contributed by atoms with Crippen molar-refractivity contribution in [3.05, 3.63) is 28.6 Å². The van der Waals surface area contributed by atoms with E-state index in [0.717, 1.165) is 0 Å². The van der Waals surface area contributed by atoms with Gasteiger partial charge in [-0.05, 0) is 18.2 Å². The Hall–Kier alpha value is -2.17. The van der Waals surface area contributed by atoms with Crippen molar-refractivity contribution in [2.45, 2.75) is 0 Å². The highest BCUT2D eigenvalue weighted by Gasteiger charge is 2.12. The van der Waals surface area contributed by atoms with Gasteiger partial charge in [-0.15, -0.1) is 0 Å². The molecule has 1 aromatic heterocycles. The van der Waals surface area contributed by atoms with Gasteiger partial charge in [0.25, 0.3) is 0 Å². The van der Waals surface area contributed by atoms with Gasteiger partial charge in [0, 0.05) is 5.39 Å². The van der Waals surface area contributed by atoms with Crippen LogP contribution >= 0.6 is 0 Å². The zero-order valence-electron chi connectivity index (χ0n) is 8.94. The number of benzene rings is 1. The molecule has 84 valence electrons. The fourth-order valence-electron chi connectivity index (χ4n) is 1.51. The molecule has 2 aromatic rings. The Morgan fingerprint density at radius 2 is 2.00 bits per heavy atom. The lowest BCUT2D eigenvalue weighted by Gasteiger charge is -2.09. The van der Waals surface area contributed by atoms with Gasteiger partial charge < -0.3 is 19.6 Å². The number of nitrogen functional groups attached to an aromatic ring is 1. The second-order valence-electron chi connectivity index (χ2n) is 3.21. The molecule has 1 aromatic carbocycles. The predicted octanol–water partition coefficient (Wildman–Crippen LogP) is 1.39. The van der Waals surface area contributed by atoms with E-state index >= 15 is 0 Å². The zero-order chi connectivity index (χ0) is 11.7. The molecule has 0 fully saturated rings. The van der Waals surface area contributed by atoms with E-state index in [1.165, 1.54) is 14.2 Å². The molecule has 0 aliphatic heterocycles. The lowest BCUT2D eigenvalue weighted by atomic mass is 10.2. The Morgan fingerprint density at radius 3 is 2.62 bits per heavy atom. The highest BCUT2D eigenvalue weighted by atomic mass is 16.5. The minimum atomic E-state index is -0.584. The first-order valence-electron chi connectivity index (χ1n) is 4.61. The number of fused-ring (bicyclic) bond motifs is 1. The molecule has 0 aliphatic carbocycles. The third kappa shape index (κ3) is 1.46. The second kappa shape index (κ2) is 3.77. The van der Waals surface area contributed by atoms with Gasteiger partial charge >= 0.3 is 5.63 Å². The van der Waals surface area contributed by atoms with Crippen molar-refractivity contribution in [2.75, 3.05) is 20.0 Å². The maximum absolute atomic E-state index is 11.3. The van der Waals surface area contributed by atoms with E-state index in [9.17, 15) is 4.79 Å². The van der Waals surface area contributed by atoms with E-state index < -0.39 is 5.63 Å². The summed E-state index contributed by atoms with van der Waals surface area (Å²) in [5, 5.41) is 0.690. The van der Waals surface area contributed by atoms with Crippen LogP contribution in [0.1, 0.15) is 0 Å². The third-order valence-electron chi connectivity index (χ3n) is 2.27. The van der Waals surface area contributed by atoms with Crippen LogP contribution < -0.4 is 20.8 Å². The van der Waals surface area contributed by atoms with Crippen molar-refractivity contribution in [3.8, 4) is 11.5 Å². The molecule has 5 nitrogen and oxygen atoms in total. The summed E-state index contributed by atoms with van der Waals surface area (Å²) in [6, 6.07) is 5.01. The Labute approximate surface area is 91.4 Å². The van der Waals surface area contributed by atoms with Crippen LogP contribution in [-0.4, -0.2) is 14.2 Å². The molecule has 0 saturated heterocycles. The fourth-order valence-corrected chi connectivity index (χ4v) is 1.51. The van der Waals surface area contributed by atoms with Crippen molar-refractivity contribution < 1.29 is 13.9 Å². The van der Waals surface area contributed by atoms with Crippen molar-refractivity contribution in [1.82, 2.24) is 0 Å². The molecule has 0 aliphatic rings. The maximum Gasteiger partial charge on any atom is 0.359 e. The van der Waals surface area contributed by atoms with E-state index in [2.05, 4.69) is 0 Å². The molecule has 0 amide bonds. The zero-order valence-corrected chi connectivity index (χ0v) is 8.94. The van der Waals surface area contributed by atoms with E-state index in [-0.39, 0.29) is 5.69 Å². The van der Waals surface area contributed by atoms with Gasteiger partial charge in [-0.3, -0.25) is 0 Å². The Bertz CT molecular complexity index is 588. The van der Waals surface area contributed by atoms with Crippen LogP contribution in [0, 0.1) is 0 Å². The normalized spacial score (nSPS) is 10.4. The molecule has 0 atom stereocenters. The monoisotopic (exact) mass is 221 g/mol. The summed E-state index contributed by atoms with van der Waals surface area (Å²) in [6.45, 7) is 0. The largest absolute Gasteiger partial charge is 0.493 e. The number of hydrogen-bond acceptors (Lipinski definition) is 5. The number of hydrogen-bond donors (Lipinski definition) is 1. The fraction of sp³-hybridized carbons (Fsp3) is 0.182. The quantitative estimate of drug-likeness (QED) is 0.775. The van der Waals surface area contributed by atoms with Crippen LogP contribution in [0.5, 0.6) is 11.5 Å². The average Bonchev–Trinajstić information content (AvgIpc) is 2.29. The molecule has 0 bridgehead atoms. The minimum Gasteiger partial charge on any atom is -0.493 e. The topological polar surface area (TPSA) is 74.7 Å². The lowest BCUT2D eigenvalue weighted by molar-refractivity contribution is 0.352. The van der Waals surface area contributed by atoms with Crippen LogP contribution in [0.25, 0.3) is 11.0 Å².